The van der Waals surface area contributed by atoms with Crippen molar-refractivity contribution in [3.05, 3.63) is 82.1 Å². The minimum atomic E-state index is -1.07. The molecule has 0 aliphatic heterocycles. The fourth-order valence-corrected chi connectivity index (χ4v) is 3.04. The number of halogens is 2. The average Bonchev–Trinajstić information content (AvgIpc) is 2.79. The van der Waals surface area contributed by atoms with Gasteiger partial charge >= 0.3 is 5.97 Å². The van der Waals surface area contributed by atoms with Crippen LogP contribution in [0, 0.1) is 0 Å². The summed E-state index contributed by atoms with van der Waals surface area (Å²) in [7, 11) is 1.46. The molecule has 0 aliphatic carbocycles. The van der Waals surface area contributed by atoms with E-state index in [1.54, 1.807) is 24.3 Å². The van der Waals surface area contributed by atoms with Gasteiger partial charge in [0.25, 0.3) is 5.91 Å². The van der Waals surface area contributed by atoms with Gasteiger partial charge in [-0.05, 0) is 43.3 Å². The predicted octanol–water partition coefficient (Wildman–Crippen LogP) is 5.16. The number of carbonyl (C=O) groups excluding carboxylic acids is 2. The van der Waals surface area contributed by atoms with E-state index in [1.807, 2.05) is 18.2 Å². The molecule has 1 unspecified atom stereocenters. The highest BCUT2D eigenvalue weighted by molar-refractivity contribution is 6.32. The number of amides is 1. The third kappa shape index (κ3) is 5.90. The first kappa shape index (κ1) is 23.4. The van der Waals surface area contributed by atoms with E-state index in [0.29, 0.717) is 22.2 Å². The van der Waals surface area contributed by atoms with Crippen molar-refractivity contribution in [3.8, 4) is 11.5 Å². The standard InChI is InChI=1S/C23H20Cl2N2O5/c1-14(22(28)27-18-8-5-11-26-21(18)25)32-23(29)15-9-10-19(20(12-15)30-2)31-13-16-6-3-4-7-17(16)24/h3-12,14H,13H2,1-2H3,(H,27,28). The largest absolute Gasteiger partial charge is 0.493 e. The lowest BCUT2D eigenvalue weighted by Gasteiger charge is -2.15. The molecule has 1 N–H and O–H groups in total. The van der Waals surface area contributed by atoms with E-state index in [9.17, 15) is 9.59 Å². The number of aromatic nitrogens is 1. The van der Waals surface area contributed by atoms with E-state index in [0.717, 1.165) is 5.56 Å². The van der Waals surface area contributed by atoms with Gasteiger partial charge in [-0.2, -0.15) is 0 Å². The summed E-state index contributed by atoms with van der Waals surface area (Å²) in [4.78, 5) is 28.7. The lowest BCUT2D eigenvalue weighted by molar-refractivity contribution is -0.123. The average molecular weight is 475 g/mol. The van der Waals surface area contributed by atoms with Crippen LogP contribution in [0.15, 0.2) is 60.8 Å². The van der Waals surface area contributed by atoms with Crippen LogP contribution in [0.5, 0.6) is 11.5 Å². The number of anilines is 1. The van der Waals surface area contributed by atoms with Crippen LogP contribution in [-0.2, 0) is 16.1 Å². The van der Waals surface area contributed by atoms with Crippen molar-refractivity contribution in [2.24, 2.45) is 0 Å². The van der Waals surface area contributed by atoms with Gasteiger partial charge in [0.05, 0.1) is 18.4 Å². The second-order valence-electron chi connectivity index (χ2n) is 6.62. The topological polar surface area (TPSA) is 86.8 Å². The zero-order chi connectivity index (χ0) is 23.1. The SMILES string of the molecule is COc1cc(C(=O)OC(C)C(=O)Nc2cccnc2Cl)ccc1OCc1ccccc1Cl. The molecule has 2 aromatic carbocycles. The zero-order valence-electron chi connectivity index (χ0n) is 17.3. The summed E-state index contributed by atoms with van der Waals surface area (Å²) in [5.41, 5.74) is 1.34. The Morgan fingerprint density at radius 1 is 1.06 bits per heavy atom. The molecule has 166 valence electrons. The highest BCUT2D eigenvalue weighted by atomic mass is 35.5. The molecule has 0 saturated heterocycles. The third-order valence-electron chi connectivity index (χ3n) is 4.41. The van der Waals surface area contributed by atoms with E-state index in [4.69, 9.17) is 37.4 Å². The van der Waals surface area contributed by atoms with Gasteiger partial charge in [0.2, 0.25) is 0 Å². The Hall–Kier alpha value is -3.29. The Labute approximate surface area is 195 Å². The molecule has 0 radical (unpaired) electrons. The summed E-state index contributed by atoms with van der Waals surface area (Å²) in [6, 6.07) is 15.1. The first-order chi connectivity index (χ1) is 15.4. The summed E-state index contributed by atoms with van der Waals surface area (Å²) < 4.78 is 16.4. The first-order valence-corrected chi connectivity index (χ1v) is 10.3. The lowest BCUT2D eigenvalue weighted by atomic mass is 10.2. The van der Waals surface area contributed by atoms with Crippen LogP contribution in [-0.4, -0.2) is 30.1 Å². The molecule has 3 rings (SSSR count). The second kappa shape index (κ2) is 10.8. The molecule has 3 aromatic rings. The zero-order valence-corrected chi connectivity index (χ0v) is 18.8. The number of methoxy groups -OCH3 is 1. The molecule has 9 heteroatoms. The number of ether oxygens (including phenoxy) is 3. The van der Waals surface area contributed by atoms with Gasteiger partial charge in [-0.1, -0.05) is 41.4 Å². The van der Waals surface area contributed by atoms with Gasteiger partial charge in [0.1, 0.15) is 6.61 Å². The van der Waals surface area contributed by atoms with Crippen LogP contribution in [0.3, 0.4) is 0 Å². The molecule has 1 atom stereocenters. The molecule has 7 nitrogen and oxygen atoms in total. The lowest BCUT2D eigenvalue weighted by Crippen LogP contribution is -2.30. The summed E-state index contributed by atoms with van der Waals surface area (Å²) in [6.07, 6.45) is 0.428. The number of carbonyl (C=O) groups is 2. The Morgan fingerprint density at radius 3 is 2.56 bits per heavy atom. The van der Waals surface area contributed by atoms with Gasteiger partial charge in [0.15, 0.2) is 22.8 Å². The quantitative estimate of drug-likeness (QED) is 0.358. The second-order valence-corrected chi connectivity index (χ2v) is 7.39. The normalized spacial score (nSPS) is 11.4. The van der Waals surface area contributed by atoms with Crippen molar-refractivity contribution in [1.29, 1.82) is 0 Å². The first-order valence-electron chi connectivity index (χ1n) is 9.55. The number of pyridine rings is 1. The molecule has 1 heterocycles. The Balaban J connectivity index is 1.64. The molecule has 0 spiro atoms. The maximum absolute atomic E-state index is 12.5. The van der Waals surface area contributed by atoms with Crippen molar-refractivity contribution >= 4 is 40.8 Å². The van der Waals surface area contributed by atoms with E-state index in [1.165, 1.54) is 32.4 Å². The summed E-state index contributed by atoms with van der Waals surface area (Å²) >= 11 is 12.1. The van der Waals surface area contributed by atoms with Crippen LogP contribution in [0.4, 0.5) is 5.69 Å². The molecule has 32 heavy (non-hydrogen) atoms. The monoisotopic (exact) mass is 474 g/mol. The molecule has 0 saturated carbocycles. The van der Waals surface area contributed by atoms with Crippen molar-refractivity contribution in [3.63, 3.8) is 0 Å². The highest BCUT2D eigenvalue weighted by Gasteiger charge is 2.21. The number of esters is 1. The highest BCUT2D eigenvalue weighted by Crippen LogP contribution is 2.30. The molecule has 0 aliphatic rings. The van der Waals surface area contributed by atoms with Gasteiger partial charge in [-0.15, -0.1) is 0 Å². The minimum Gasteiger partial charge on any atom is -0.493 e. The fraction of sp³-hybridized carbons (Fsp3) is 0.174. The van der Waals surface area contributed by atoms with Crippen LogP contribution in [0.2, 0.25) is 10.2 Å². The van der Waals surface area contributed by atoms with Gasteiger partial charge in [-0.3, -0.25) is 4.79 Å². The minimum absolute atomic E-state index is 0.136. The number of nitrogens with zero attached hydrogens (tertiary/aromatic N) is 1. The molecule has 0 fully saturated rings. The predicted molar refractivity (Wildman–Crippen MR) is 122 cm³/mol. The third-order valence-corrected chi connectivity index (χ3v) is 5.08. The van der Waals surface area contributed by atoms with E-state index < -0.39 is 18.0 Å². The van der Waals surface area contributed by atoms with Crippen molar-refractivity contribution in [2.45, 2.75) is 19.6 Å². The number of benzene rings is 2. The van der Waals surface area contributed by atoms with E-state index >= 15 is 0 Å². The molecule has 1 amide bonds. The molecule has 0 bridgehead atoms. The van der Waals surface area contributed by atoms with Gasteiger partial charge in [-0.25, -0.2) is 9.78 Å². The van der Waals surface area contributed by atoms with Crippen molar-refractivity contribution < 1.29 is 23.8 Å². The van der Waals surface area contributed by atoms with Crippen molar-refractivity contribution in [1.82, 2.24) is 4.98 Å². The number of nitrogens with one attached hydrogen (secondary N) is 1. The summed E-state index contributed by atoms with van der Waals surface area (Å²) in [5.74, 6) is -0.465. The maximum atomic E-state index is 12.5. The van der Waals surface area contributed by atoms with E-state index in [2.05, 4.69) is 10.3 Å². The van der Waals surface area contributed by atoms with Gasteiger partial charge in [0, 0.05) is 16.8 Å². The smallest absolute Gasteiger partial charge is 0.339 e. The Kier molecular flexibility index (Phi) is 7.92. The van der Waals surface area contributed by atoms with Crippen LogP contribution >= 0.6 is 23.2 Å². The summed E-state index contributed by atoms with van der Waals surface area (Å²) in [5, 5.41) is 3.29. The van der Waals surface area contributed by atoms with Crippen LogP contribution in [0.25, 0.3) is 0 Å². The van der Waals surface area contributed by atoms with Crippen LogP contribution < -0.4 is 14.8 Å². The number of hydrogen-bond acceptors (Lipinski definition) is 6. The number of hydrogen-bond donors (Lipinski definition) is 1. The van der Waals surface area contributed by atoms with Crippen LogP contribution in [0.1, 0.15) is 22.8 Å². The molecule has 1 aromatic heterocycles. The molecular formula is C23H20Cl2N2O5. The Morgan fingerprint density at radius 2 is 1.84 bits per heavy atom. The van der Waals surface area contributed by atoms with E-state index in [-0.39, 0.29) is 17.3 Å². The molecular weight excluding hydrogens is 455 g/mol. The Bertz CT molecular complexity index is 1120. The number of rotatable bonds is 8. The maximum Gasteiger partial charge on any atom is 0.339 e. The van der Waals surface area contributed by atoms with Crippen molar-refractivity contribution in [2.75, 3.05) is 12.4 Å². The van der Waals surface area contributed by atoms with Gasteiger partial charge < -0.3 is 19.5 Å². The summed E-state index contributed by atoms with van der Waals surface area (Å²) in [6.45, 7) is 1.68. The fourth-order valence-electron chi connectivity index (χ4n) is 2.68.